The lowest BCUT2D eigenvalue weighted by Gasteiger charge is -2.29. The Balaban J connectivity index is 1.20. The fourth-order valence-corrected chi connectivity index (χ4v) is 10.4. The van der Waals surface area contributed by atoms with Gasteiger partial charge in [0.1, 0.15) is 36.8 Å². The Bertz CT molecular complexity index is 2980. The standard InChI is InChI=1S/C43H36N5OSi/c1-43(2,3)29-20-21-45-41(23-29)48-35-18-14-28(26-44)22-34(35)33-17-15-31(24-37(33)48)49-32-16-19-39-38(25-32)47-27-46(30-10-7-6-8-11-30)36-12-9-13-40(42(36)47)50(39,4)5/h6-25,27H,1-5H3/q+1/i6D,7D,8D,10D,11D. The molecule has 8 aromatic rings. The van der Waals surface area contributed by atoms with Gasteiger partial charge < -0.3 is 4.74 Å². The summed E-state index contributed by atoms with van der Waals surface area (Å²) in [5, 5.41) is 14.0. The molecule has 6 nitrogen and oxygen atoms in total. The van der Waals surface area contributed by atoms with E-state index in [9.17, 15) is 5.26 Å². The molecule has 9 rings (SSSR count). The third-order valence-corrected chi connectivity index (χ3v) is 13.5. The van der Waals surface area contributed by atoms with E-state index in [1.807, 2.05) is 79.3 Å². The molecule has 0 bridgehead atoms. The first-order chi connectivity index (χ1) is 26.2. The number of ether oxygens (including phenoxy) is 1. The highest BCUT2D eigenvalue weighted by molar-refractivity contribution is 7.02. The summed E-state index contributed by atoms with van der Waals surface area (Å²) in [7, 11) is -2.27. The molecule has 0 N–H and O–H groups in total. The van der Waals surface area contributed by atoms with Crippen LogP contribution in [0.25, 0.3) is 50.0 Å². The van der Waals surface area contributed by atoms with E-state index in [-0.39, 0.29) is 35.3 Å². The fourth-order valence-electron chi connectivity index (χ4n) is 7.42. The van der Waals surface area contributed by atoms with Crippen molar-refractivity contribution in [2.24, 2.45) is 0 Å². The maximum atomic E-state index is 9.73. The fraction of sp³-hybridized carbons (Fsp3) is 0.140. The average molecular weight is 672 g/mol. The molecule has 0 atom stereocenters. The summed E-state index contributed by atoms with van der Waals surface area (Å²) < 4.78 is 54.9. The van der Waals surface area contributed by atoms with Crippen LogP contribution in [-0.4, -0.2) is 22.2 Å². The number of nitrogens with zero attached hydrogens (tertiary/aromatic N) is 5. The van der Waals surface area contributed by atoms with Crippen LogP contribution < -0.4 is 19.7 Å². The van der Waals surface area contributed by atoms with Gasteiger partial charge in [-0.1, -0.05) is 70.2 Å². The predicted octanol–water partition coefficient (Wildman–Crippen LogP) is 8.50. The third-order valence-electron chi connectivity index (χ3n) is 9.99. The van der Waals surface area contributed by atoms with Gasteiger partial charge in [0.25, 0.3) is 6.33 Å². The number of hydrogen-bond acceptors (Lipinski definition) is 3. The normalized spacial score (nSPS) is 14.8. The van der Waals surface area contributed by atoms with Crippen LogP contribution >= 0.6 is 0 Å². The lowest BCUT2D eigenvalue weighted by Crippen LogP contribution is -2.57. The lowest BCUT2D eigenvalue weighted by molar-refractivity contribution is -0.567. The topological polar surface area (TPSA) is 59.6 Å². The van der Waals surface area contributed by atoms with Crippen LogP contribution in [0.3, 0.4) is 0 Å². The van der Waals surface area contributed by atoms with E-state index < -0.39 is 14.1 Å². The molecule has 50 heavy (non-hydrogen) atoms. The van der Waals surface area contributed by atoms with Crippen LogP contribution in [-0.2, 0) is 5.41 Å². The van der Waals surface area contributed by atoms with Crippen LogP contribution in [0.4, 0.5) is 0 Å². The number of fused-ring (bicyclic) bond motifs is 5. The van der Waals surface area contributed by atoms with E-state index in [0.29, 0.717) is 17.1 Å². The van der Waals surface area contributed by atoms with Gasteiger partial charge in [-0.3, -0.25) is 4.57 Å². The first kappa shape index (κ1) is 25.1. The summed E-state index contributed by atoms with van der Waals surface area (Å²) in [5.41, 5.74) is 6.23. The Morgan fingerprint density at radius 3 is 2.44 bits per heavy atom. The average Bonchev–Trinajstić information content (AvgIpc) is 3.71. The first-order valence-corrected chi connectivity index (χ1v) is 19.6. The summed E-state index contributed by atoms with van der Waals surface area (Å²) in [6.45, 7) is 11.1. The zero-order valence-electron chi connectivity index (χ0n) is 33.4. The van der Waals surface area contributed by atoms with Crippen LogP contribution in [0, 0.1) is 11.3 Å². The predicted molar refractivity (Wildman–Crippen MR) is 204 cm³/mol. The van der Waals surface area contributed by atoms with Crippen LogP contribution in [0.5, 0.6) is 11.5 Å². The van der Waals surface area contributed by atoms with Gasteiger partial charge in [0.2, 0.25) is 0 Å². The molecule has 4 heterocycles. The van der Waals surface area contributed by atoms with Crippen molar-refractivity contribution in [3.63, 3.8) is 0 Å². The minimum absolute atomic E-state index is 0.0810. The molecule has 0 saturated heterocycles. The van der Waals surface area contributed by atoms with Gasteiger partial charge in [-0.15, -0.1) is 0 Å². The maximum absolute atomic E-state index is 9.73. The van der Waals surface area contributed by atoms with Crippen molar-refractivity contribution in [1.29, 1.82) is 5.26 Å². The van der Waals surface area contributed by atoms with E-state index in [1.54, 1.807) is 4.57 Å². The minimum Gasteiger partial charge on any atom is -0.457 e. The van der Waals surface area contributed by atoms with Gasteiger partial charge in [-0.25, -0.2) is 4.98 Å². The molecule has 1 aliphatic rings. The molecule has 1 aliphatic heterocycles. The van der Waals surface area contributed by atoms with Gasteiger partial charge >= 0.3 is 0 Å². The number of aromatic nitrogens is 4. The number of benzene rings is 5. The highest BCUT2D eigenvalue weighted by Crippen LogP contribution is 2.37. The van der Waals surface area contributed by atoms with Crippen molar-refractivity contribution in [1.82, 2.24) is 14.1 Å². The minimum atomic E-state index is -2.27. The second-order valence-electron chi connectivity index (χ2n) is 14.4. The molecule has 7 heteroatoms. The van der Waals surface area contributed by atoms with Crippen molar-refractivity contribution in [2.75, 3.05) is 0 Å². The van der Waals surface area contributed by atoms with Gasteiger partial charge in [0.05, 0.1) is 29.5 Å². The zero-order valence-corrected chi connectivity index (χ0v) is 29.4. The Morgan fingerprint density at radius 2 is 1.64 bits per heavy atom. The second kappa shape index (κ2) is 10.8. The van der Waals surface area contributed by atoms with E-state index in [1.165, 1.54) is 10.4 Å². The van der Waals surface area contributed by atoms with E-state index in [2.05, 4.69) is 67.3 Å². The molecule has 0 saturated carbocycles. The Morgan fingerprint density at radius 1 is 0.840 bits per heavy atom. The zero-order chi connectivity index (χ0) is 38.7. The summed E-state index contributed by atoms with van der Waals surface area (Å²) in [6, 6.07) is 28.7. The quantitative estimate of drug-likeness (QED) is 0.139. The smallest absolute Gasteiger partial charge is 0.255 e. The molecular weight excluding hydrogens is 631 g/mol. The van der Waals surface area contributed by atoms with Crippen molar-refractivity contribution >= 4 is 51.3 Å². The summed E-state index contributed by atoms with van der Waals surface area (Å²) in [6.07, 6.45) is 3.67. The molecule has 0 radical (unpaired) electrons. The SMILES string of the molecule is [2H]c1c([2H])c([2H])c(-[n+]2cn3c4c(cccc42)[Si](C)(C)c2ccc(Oc4ccc5c6cc(C#N)ccc6n(-c6cc(C(C)(C)C)ccn6)c5c4)cc2-3)c([2H])c1[2H]. The van der Waals surface area contributed by atoms with Crippen LogP contribution in [0.2, 0.25) is 13.1 Å². The van der Waals surface area contributed by atoms with Crippen molar-refractivity contribution in [3.05, 3.63) is 139 Å². The second-order valence-corrected chi connectivity index (χ2v) is 18.7. The summed E-state index contributed by atoms with van der Waals surface area (Å²) in [5.74, 6) is 2.03. The van der Waals surface area contributed by atoms with E-state index in [0.717, 1.165) is 49.9 Å². The molecule has 0 amide bonds. The number of hydrogen-bond donors (Lipinski definition) is 0. The number of rotatable bonds is 4. The highest BCUT2D eigenvalue weighted by Gasteiger charge is 2.40. The third kappa shape index (κ3) is 4.53. The van der Waals surface area contributed by atoms with Crippen molar-refractivity contribution in [2.45, 2.75) is 39.3 Å². The largest absolute Gasteiger partial charge is 0.457 e. The van der Waals surface area contributed by atoms with Gasteiger partial charge in [0, 0.05) is 29.1 Å². The lowest BCUT2D eigenvalue weighted by atomic mass is 9.88. The molecule has 5 aromatic carbocycles. The maximum Gasteiger partial charge on any atom is 0.255 e. The van der Waals surface area contributed by atoms with Crippen molar-refractivity contribution in [3.8, 4) is 34.8 Å². The Kier molecular flexibility index (Phi) is 5.40. The molecule has 0 spiro atoms. The molecule has 0 fully saturated rings. The summed E-state index contributed by atoms with van der Waals surface area (Å²) in [4.78, 5) is 4.80. The molecule has 0 aliphatic carbocycles. The monoisotopic (exact) mass is 671 g/mol. The van der Waals surface area contributed by atoms with Crippen molar-refractivity contribution < 1.29 is 16.2 Å². The Hall–Kier alpha value is -5.97. The number of nitriles is 1. The number of imidazole rings is 1. The molecular formula is C43H36N5OSi+. The van der Waals surface area contributed by atoms with Gasteiger partial charge in [-0.2, -0.15) is 14.4 Å². The molecule has 0 unspecified atom stereocenters. The first-order valence-electron chi connectivity index (χ1n) is 19.1. The molecule has 242 valence electrons. The van der Waals surface area contributed by atoms with Gasteiger partial charge in [-0.05, 0) is 88.0 Å². The number of para-hydroxylation sites is 2. The van der Waals surface area contributed by atoms with Crippen LogP contribution in [0.15, 0.2) is 128 Å². The highest BCUT2D eigenvalue weighted by atomic mass is 28.3. The van der Waals surface area contributed by atoms with Crippen LogP contribution in [0.1, 0.15) is 38.8 Å². The number of pyridine rings is 1. The summed E-state index contributed by atoms with van der Waals surface area (Å²) >= 11 is 0. The Labute approximate surface area is 299 Å². The molecule has 3 aromatic heterocycles. The van der Waals surface area contributed by atoms with E-state index >= 15 is 0 Å². The van der Waals surface area contributed by atoms with Gasteiger partial charge in [0.15, 0.2) is 11.0 Å². The van der Waals surface area contributed by atoms with E-state index in [4.69, 9.17) is 16.6 Å².